The Morgan fingerprint density at radius 2 is 1.29 bits per heavy atom. The first-order valence-corrected chi connectivity index (χ1v) is 9.89. The summed E-state index contributed by atoms with van der Waals surface area (Å²) in [5.41, 5.74) is 0.345. The Hall–Kier alpha value is -1.31. The van der Waals surface area contributed by atoms with Gasteiger partial charge in [0.2, 0.25) is 0 Å². The number of allylic oxidation sites excluding steroid dienone is 4. The monoisotopic (exact) mass is 334 g/mol. The number of hydrogen-bond donors (Lipinski definition) is 1. The fourth-order valence-electron chi connectivity index (χ4n) is 2.61. The lowest BCUT2D eigenvalue weighted by Crippen LogP contribution is -1.98. The first kappa shape index (κ1) is 22.7. The maximum atomic E-state index is 10.6. The van der Waals surface area contributed by atoms with Crippen LogP contribution in [0.4, 0.5) is 0 Å². The first-order chi connectivity index (χ1) is 11.7. The van der Waals surface area contributed by atoms with Gasteiger partial charge in [-0.15, -0.1) is 0 Å². The summed E-state index contributed by atoms with van der Waals surface area (Å²) in [6, 6.07) is 0. The Kier molecular flexibility index (Phi) is 17.1. The molecule has 1 N–H and O–H groups in total. The van der Waals surface area contributed by atoms with Gasteiger partial charge in [0.05, 0.1) is 0 Å². The summed E-state index contributed by atoms with van der Waals surface area (Å²) in [5.74, 6) is -0.852. The Morgan fingerprint density at radius 1 is 0.792 bits per heavy atom. The minimum atomic E-state index is -0.852. The van der Waals surface area contributed by atoms with Crippen LogP contribution >= 0.6 is 0 Å². The number of unbranched alkanes of at least 4 members (excludes halogenated alkanes) is 10. The molecule has 2 heteroatoms. The van der Waals surface area contributed by atoms with Gasteiger partial charge >= 0.3 is 5.97 Å². The van der Waals surface area contributed by atoms with Crippen LogP contribution in [0.2, 0.25) is 0 Å². The highest BCUT2D eigenvalue weighted by Gasteiger charge is 2.02. The second-order valence-electron chi connectivity index (χ2n) is 6.60. The standard InChI is InChI=1S/C22H38O2/c1-3-4-5-6-7-8-9-10-11-12-13-14-15-16-17-18-19-20-21(2)22(23)24/h7-8,10-11H,2-6,9,12-20H2,1H3,(H,23,24). The van der Waals surface area contributed by atoms with Crippen molar-refractivity contribution in [2.24, 2.45) is 0 Å². The highest BCUT2D eigenvalue weighted by molar-refractivity contribution is 5.85. The molecule has 0 fully saturated rings. The van der Waals surface area contributed by atoms with Crippen LogP contribution in [0.1, 0.15) is 96.8 Å². The maximum Gasteiger partial charge on any atom is 0.330 e. The molecular weight excluding hydrogens is 296 g/mol. The molecule has 0 rings (SSSR count). The summed E-state index contributed by atoms with van der Waals surface area (Å²) in [5, 5.41) is 8.71. The van der Waals surface area contributed by atoms with Crippen molar-refractivity contribution < 1.29 is 9.90 Å². The summed E-state index contributed by atoms with van der Waals surface area (Å²) in [4.78, 5) is 10.6. The van der Waals surface area contributed by atoms with Gasteiger partial charge in [0, 0.05) is 5.57 Å². The van der Waals surface area contributed by atoms with E-state index in [-0.39, 0.29) is 0 Å². The average molecular weight is 335 g/mol. The molecule has 0 amide bonds. The van der Waals surface area contributed by atoms with Gasteiger partial charge in [0.15, 0.2) is 0 Å². The van der Waals surface area contributed by atoms with Crippen molar-refractivity contribution in [3.05, 3.63) is 36.5 Å². The van der Waals surface area contributed by atoms with Crippen LogP contribution < -0.4 is 0 Å². The van der Waals surface area contributed by atoms with Crippen LogP contribution in [-0.2, 0) is 4.79 Å². The molecule has 24 heavy (non-hydrogen) atoms. The first-order valence-electron chi connectivity index (χ1n) is 9.89. The molecule has 0 aliphatic heterocycles. The third-order valence-electron chi connectivity index (χ3n) is 4.23. The van der Waals surface area contributed by atoms with Crippen molar-refractivity contribution in [3.63, 3.8) is 0 Å². The van der Waals surface area contributed by atoms with Crippen LogP contribution in [0.25, 0.3) is 0 Å². The zero-order valence-corrected chi connectivity index (χ0v) is 15.8. The lowest BCUT2D eigenvalue weighted by atomic mass is 10.0. The van der Waals surface area contributed by atoms with Gasteiger partial charge in [-0.1, -0.05) is 82.8 Å². The van der Waals surface area contributed by atoms with Gasteiger partial charge < -0.3 is 5.11 Å². The van der Waals surface area contributed by atoms with Gasteiger partial charge in [0.25, 0.3) is 0 Å². The van der Waals surface area contributed by atoms with Crippen LogP contribution in [-0.4, -0.2) is 11.1 Å². The zero-order chi connectivity index (χ0) is 17.9. The van der Waals surface area contributed by atoms with Crippen molar-refractivity contribution in [3.8, 4) is 0 Å². The Morgan fingerprint density at radius 3 is 1.83 bits per heavy atom. The van der Waals surface area contributed by atoms with Gasteiger partial charge in [-0.05, 0) is 44.9 Å². The third-order valence-corrected chi connectivity index (χ3v) is 4.23. The summed E-state index contributed by atoms with van der Waals surface area (Å²) in [6.45, 7) is 5.80. The summed E-state index contributed by atoms with van der Waals surface area (Å²) in [7, 11) is 0. The van der Waals surface area contributed by atoms with Gasteiger partial charge in [0.1, 0.15) is 0 Å². The number of carboxylic acid groups (broad SMARTS) is 1. The van der Waals surface area contributed by atoms with Gasteiger partial charge in [-0.25, -0.2) is 4.79 Å². The van der Waals surface area contributed by atoms with Crippen LogP contribution in [0.5, 0.6) is 0 Å². The molecule has 0 heterocycles. The third kappa shape index (κ3) is 17.1. The molecule has 0 aromatic carbocycles. The topological polar surface area (TPSA) is 37.3 Å². The minimum Gasteiger partial charge on any atom is -0.478 e. The summed E-state index contributed by atoms with van der Waals surface area (Å²) in [6.07, 6.45) is 25.7. The molecule has 0 unspecified atom stereocenters. The quantitative estimate of drug-likeness (QED) is 0.173. The second-order valence-corrected chi connectivity index (χ2v) is 6.60. The largest absolute Gasteiger partial charge is 0.478 e. The molecule has 0 spiro atoms. The molecular formula is C22H38O2. The molecule has 138 valence electrons. The molecule has 0 aromatic rings. The van der Waals surface area contributed by atoms with E-state index >= 15 is 0 Å². The van der Waals surface area contributed by atoms with Crippen LogP contribution in [0.3, 0.4) is 0 Å². The number of hydrogen-bond acceptors (Lipinski definition) is 1. The molecule has 0 radical (unpaired) electrons. The fraction of sp³-hybridized carbons (Fsp3) is 0.682. The van der Waals surface area contributed by atoms with E-state index in [0.717, 1.165) is 19.3 Å². The van der Waals surface area contributed by atoms with Crippen molar-refractivity contribution in [2.45, 2.75) is 96.8 Å². The Labute approximate surface area is 149 Å². The van der Waals surface area contributed by atoms with Crippen LogP contribution in [0, 0.1) is 0 Å². The summed E-state index contributed by atoms with van der Waals surface area (Å²) >= 11 is 0. The fourth-order valence-corrected chi connectivity index (χ4v) is 2.61. The van der Waals surface area contributed by atoms with E-state index in [1.165, 1.54) is 64.2 Å². The number of carbonyl (C=O) groups is 1. The number of aliphatic carboxylic acids is 1. The van der Waals surface area contributed by atoms with E-state index in [1.807, 2.05) is 0 Å². The van der Waals surface area contributed by atoms with Crippen molar-refractivity contribution >= 4 is 5.97 Å². The minimum absolute atomic E-state index is 0.345. The number of carboxylic acids is 1. The average Bonchev–Trinajstić information content (AvgIpc) is 2.57. The maximum absolute atomic E-state index is 10.6. The van der Waals surface area contributed by atoms with Crippen molar-refractivity contribution in [2.75, 3.05) is 0 Å². The van der Waals surface area contributed by atoms with E-state index in [9.17, 15) is 4.79 Å². The molecule has 0 aliphatic rings. The smallest absolute Gasteiger partial charge is 0.330 e. The van der Waals surface area contributed by atoms with Gasteiger partial charge in [-0.3, -0.25) is 0 Å². The van der Waals surface area contributed by atoms with E-state index in [2.05, 4.69) is 37.8 Å². The second kappa shape index (κ2) is 18.0. The molecule has 0 saturated heterocycles. The Balaban J connectivity index is 3.23. The van der Waals surface area contributed by atoms with E-state index < -0.39 is 5.97 Å². The lowest BCUT2D eigenvalue weighted by Gasteiger charge is -2.02. The van der Waals surface area contributed by atoms with E-state index in [4.69, 9.17) is 5.11 Å². The highest BCUT2D eigenvalue weighted by Crippen LogP contribution is 2.12. The Bertz CT molecular complexity index is 366. The number of rotatable bonds is 17. The molecule has 0 bridgehead atoms. The molecule has 0 aromatic heterocycles. The van der Waals surface area contributed by atoms with Crippen molar-refractivity contribution in [1.29, 1.82) is 0 Å². The SMILES string of the molecule is C=C(CCCCCCCCCC=CCC=CCCCCC)C(=O)O. The lowest BCUT2D eigenvalue weighted by molar-refractivity contribution is -0.132. The zero-order valence-electron chi connectivity index (χ0n) is 15.8. The predicted octanol–water partition coefficient (Wildman–Crippen LogP) is 7.22. The highest BCUT2D eigenvalue weighted by atomic mass is 16.4. The predicted molar refractivity (Wildman–Crippen MR) is 105 cm³/mol. The van der Waals surface area contributed by atoms with E-state index in [1.54, 1.807) is 0 Å². The molecule has 0 saturated carbocycles. The van der Waals surface area contributed by atoms with E-state index in [0.29, 0.717) is 12.0 Å². The molecule has 0 aliphatic carbocycles. The summed E-state index contributed by atoms with van der Waals surface area (Å²) < 4.78 is 0. The van der Waals surface area contributed by atoms with Crippen molar-refractivity contribution in [1.82, 2.24) is 0 Å². The van der Waals surface area contributed by atoms with Gasteiger partial charge in [-0.2, -0.15) is 0 Å². The molecule has 2 nitrogen and oxygen atoms in total. The molecule has 0 atom stereocenters. The normalized spacial score (nSPS) is 11.5. The van der Waals surface area contributed by atoms with Crippen LogP contribution in [0.15, 0.2) is 36.5 Å².